The number of allylic oxidation sites excluding steroid dienone is 2. The minimum atomic E-state index is -0.562. The van der Waals surface area contributed by atoms with Gasteiger partial charge in [0.15, 0.2) is 6.61 Å². The first kappa shape index (κ1) is 15.6. The van der Waals surface area contributed by atoms with E-state index in [0.29, 0.717) is 17.0 Å². The van der Waals surface area contributed by atoms with Crippen LogP contribution in [0.5, 0.6) is 5.75 Å². The van der Waals surface area contributed by atoms with E-state index in [9.17, 15) is 8.78 Å². The molecule has 2 aromatic rings. The van der Waals surface area contributed by atoms with Crippen LogP contribution in [0.1, 0.15) is 29.5 Å². The molecule has 0 spiro atoms. The van der Waals surface area contributed by atoms with E-state index in [-0.39, 0.29) is 24.5 Å². The molecule has 1 aliphatic heterocycles. The highest BCUT2D eigenvalue weighted by atomic mass is 19.1. The Balaban J connectivity index is 1.68. The molecule has 0 unspecified atom stereocenters. The molecule has 3 atom stereocenters. The van der Waals surface area contributed by atoms with Gasteiger partial charge in [-0.25, -0.2) is 8.78 Å². The standard InChI is InChI=1S/C20H16F2N2O/c21-13-10-17-15-2-1-3-16(15)19(24-20(17)18(22)11-13)12-4-6-14(7-5-12)25-9-8-23/h1-2,4-7,10-11,15-16,19,24H,3,9H2/t15-,16+,19-/m0/s1. The maximum atomic E-state index is 14.3. The van der Waals surface area contributed by atoms with E-state index in [1.54, 1.807) is 0 Å². The molecule has 0 radical (unpaired) electrons. The van der Waals surface area contributed by atoms with Gasteiger partial charge in [0, 0.05) is 12.0 Å². The highest BCUT2D eigenvalue weighted by Gasteiger charge is 2.39. The van der Waals surface area contributed by atoms with Crippen molar-refractivity contribution in [3.8, 4) is 11.8 Å². The van der Waals surface area contributed by atoms with E-state index in [4.69, 9.17) is 10.00 Å². The Kier molecular flexibility index (Phi) is 3.89. The van der Waals surface area contributed by atoms with Gasteiger partial charge < -0.3 is 10.1 Å². The smallest absolute Gasteiger partial charge is 0.174 e. The van der Waals surface area contributed by atoms with Crippen LogP contribution >= 0.6 is 0 Å². The molecule has 5 heteroatoms. The highest BCUT2D eigenvalue weighted by Crippen LogP contribution is 2.50. The van der Waals surface area contributed by atoms with Crippen molar-refractivity contribution in [3.05, 3.63) is 71.3 Å². The molecule has 0 saturated carbocycles. The lowest BCUT2D eigenvalue weighted by atomic mass is 9.77. The third-order valence-electron chi connectivity index (χ3n) is 4.93. The van der Waals surface area contributed by atoms with Gasteiger partial charge in [-0.2, -0.15) is 5.26 Å². The van der Waals surface area contributed by atoms with Crippen LogP contribution in [0.3, 0.4) is 0 Å². The predicted molar refractivity (Wildman–Crippen MR) is 90.3 cm³/mol. The second-order valence-electron chi connectivity index (χ2n) is 6.34. The van der Waals surface area contributed by atoms with Crippen LogP contribution in [0.25, 0.3) is 0 Å². The molecular weight excluding hydrogens is 322 g/mol. The average Bonchev–Trinajstić information content (AvgIpc) is 3.10. The number of benzene rings is 2. The van der Waals surface area contributed by atoms with Gasteiger partial charge in [0.25, 0.3) is 0 Å². The van der Waals surface area contributed by atoms with E-state index in [1.807, 2.05) is 36.4 Å². The third kappa shape index (κ3) is 2.74. The number of hydrogen-bond acceptors (Lipinski definition) is 3. The summed E-state index contributed by atoms with van der Waals surface area (Å²) in [6.07, 6.45) is 4.97. The molecule has 25 heavy (non-hydrogen) atoms. The molecule has 0 aromatic heterocycles. The lowest BCUT2D eigenvalue weighted by Gasteiger charge is -2.37. The number of halogens is 2. The van der Waals surface area contributed by atoms with E-state index < -0.39 is 11.6 Å². The predicted octanol–water partition coefficient (Wildman–Crippen LogP) is 4.69. The Morgan fingerprint density at radius 2 is 2.00 bits per heavy atom. The Morgan fingerprint density at radius 1 is 1.20 bits per heavy atom. The van der Waals surface area contributed by atoms with E-state index >= 15 is 0 Å². The summed E-state index contributed by atoms with van der Waals surface area (Å²) in [5.74, 6) is -0.279. The molecular formula is C20H16F2N2O. The molecule has 1 N–H and O–H groups in total. The van der Waals surface area contributed by atoms with Gasteiger partial charge in [0.1, 0.15) is 23.5 Å². The fraction of sp³-hybridized carbons (Fsp3) is 0.250. The van der Waals surface area contributed by atoms with Crippen molar-refractivity contribution < 1.29 is 13.5 Å². The second kappa shape index (κ2) is 6.21. The largest absolute Gasteiger partial charge is 0.479 e. The number of ether oxygens (including phenoxy) is 1. The van der Waals surface area contributed by atoms with Crippen LogP contribution < -0.4 is 10.1 Å². The zero-order valence-corrected chi connectivity index (χ0v) is 13.4. The summed E-state index contributed by atoms with van der Waals surface area (Å²) in [4.78, 5) is 0. The van der Waals surface area contributed by atoms with Gasteiger partial charge in [-0.05, 0) is 41.7 Å². The van der Waals surface area contributed by atoms with Crippen LogP contribution in [-0.4, -0.2) is 6.61 Å². The quantitative estimate of drug-likeness (QED) is 0.826. The topological polar surface area (TPSA) is 45.0 Å². The normalized spacial score (nSPS) is 23.3. The summed E-state index contributed by atoms with van der Waals surface area (Å²) in [6, 6.07) is 11.7. The number of nitriles is 1. The minimum absolute atomic E-state index is 0.000203. The van der Waals surface area contributed by atoms with E-state index in [1.165, 1.54) is 6.07 Å². The highest BCUT2D eigenvalue weighted by molar-refractivity contribution is 5.60. The lowest BCUT2D eigenvalue weighted by Crippen LogP contribution is -2.29. The molecule has 2 aliphatic rings. The zero-order chi connectivity index (χ0) is 17.4. The molecule has 0 amide bonds. The fourth-order valence-electron chi connectivity index (χ4n) is 3.84. The maximum absolute atomic E-state index is 14.3. The van der Waals surface area contributed by atoms with Crippen molar-refractivity contribution in [2.45, 2.75) is 18.4 Å². The van der Waals surface area contributed by atoms with E-state index in [2.05, 4.69) is 11.4 Å². The Labute approximate surface area is 144 Å². The van der Waals surface area contributed by atoms with Crippen molar-refractivity contribution in [2.24, 2.45) is 5.92 Å². The number of hydrogen-bond donors (Lipinski definition) is 1. The Morgan fingerprint density at radius 3 is 2.76 bits per heavy atom. The van der Waals surface area contributed by atoms with Crippen molar-refractivity contribution in [2.75, 3.05) is 11.9 Å². The molecule has 126 valence electrons. The molecule has 0 saturated heterocycles. The van der Waals surface area contributed by atoms with Gasteiger partial charge in [-0.1, -0.05) is 24.3 Å². The van der Waals surface area contributed by atoms with Crippen LogP contribution in [0.2, 0.25) is 0 Å². The molecule has 0 bridgehead atoms. The van der Waals surface area contributed by atoms with Crippen molar-refractivity contribution in [1.82, 2.24) is 0 Å². The first-order chi connectivity index (χ1) is 12.2. The molecule has 1 aliphatic carbocycles. The molecule has 3 nitrogen and oxygen atoms in total. The maximum Gasteiger partial charge on any atom is 0.174 e. The number of nitrogens with one attached hydrogen (secondary N) is 1. The SMILES string of the molecule is N#CCOc1ccc([C@@H]2Nc3c(F)cc(F)cc3[C@H]3C=CC[C@H]32)cc1. The van der Waals surface area contributed by atoms with E-state index in [0.717, 1.165) is 18.1 Å². The number of fused-ring (bicyclic) bond motifs is 3. The summed E-state index contributed by atoms with van der Waals surface area (Å²) in [6.45, 7) is -0.000203. The molecule has 2 aromatic carbocycles. The summed E-state index contributed by atoms with van der Waals surface area (Å²) in [7, 11) is 0. The summed E-state index contributed by atoms with van der Waals surface area (Å²) >= 11 is 0. The Hall–Kier alpha value is -2.87. The molecule has 0 fully saturated rings. The first-order valence-corrected chi connectivity index (χ1v) is 8.19. The number of nitrogens with zero attached hydrogens (tertiary/aromatic N) is 1. The van der Waals surface area contributed by atoms with Gasteiger partial charge in [-0.3, -0.25) is 0 Å². The fourth-order valence-corrected chi connectivity index (χ4v) is 3.84. The molecule has 1 heterocycles. The first-order valence-electron chi connectivity index (χ1n) is 8.19. The van der Waals surface area contributed by atoms with Crippen LogP contribution in [0, 0.1) is 28.9 Å². The average molecular weight is 338 g/mol. The summed E-state index contributed by atoms with van der Waals surface area (Å²) < 4.78 is 33.2. The van der Waals surface area contributed by atoms with Gasteiger partial charge >= 0.3 is 0 Å². The number of rotatable bonds is 3. The van der Waals surface area contributed by atoms with Crippen molar-refractivity contribution in [3.63, 3.8) is 0 Å². The zero-order valence-electron chi connectivity index (χ0n) is 13.4. The molecule has 4 rings (SSSR count). The minimum Gasteiger partial charge on any atom is -0.479 e. The van der Waals surface area contributed by atoms with Gasteiger partial charge in [-0.15, -0.1) is 0 Å². The van der Waals surface area contributed by atoms with Crippen LogP contribution in [0.4, 0.5) is 14.5 Å². The lowest BCUT2D eigenvalue weighted by molar-refractivity contribution is 0.367. The summed E-state index contributed by atoms with van der Waals surface area (Å²) in [5.41, 5.74) is 2.07. The monoisotopic (exact) mass is 338 g/mol. The van der Waals surface area contributed by atoms with Gasteiger partial charge in [0.2, 0.25) is 0 Å². The summed E-state index contributed by atoms with van der Waals surface area (Å²) in [5, 5.41) is 11.8. The second-order valence-corrected chi connectivity index (χ2v) is 6.34. The Bertz CT molecular complexity index is 871. The van der Waals surface area contributed by atoms with Crippen LogP contribution in [0.15, 0.2) is 48.6 Å². The van der Waals surface area contributed by atoms with Crippen LogP contribution in [-0.2, 0) is 0 Å². The third-order valence-corrected chi connectivity index (χ3v) is 4.93. The number of anilines is 1. The van der Waals surface area contributed by atoms with Gasteiger partial charge in [0.05, 0.1) is 11.7 Å². The van der Waals surface area contributed by atoms with Crippen molar-refractivity contribution >= 4 is 5.69 Å². The van der Waals surface area contributed by atoms with Crippen molar-refractivity contribution in [1.29, 1.82) is 5.26 Å².